The number of piperidine rings is 1. The van der Waals surface area contributed by atoms with Gasteiger partial charge in [0, 0.05) is 43.3 Å². The first-order valence-corrected chi connectivity index (χ1v) is 10.4. The summed E-state index contributed by atoms with van der Waals surface area (Å²) in [6.07, 6.45) is 7.09. The van der Waals surface area contributed by atoms with Gasteiger partial charge in [-0.3, -0.25) is 15.0 Å². The van der Waals surface area contributed by atoms with Crippen molar-refractivity contribution in [3.05, 3.63) is 60.4 Å². The van der Waals surface area contributed by atoms with E-state index < -0.39 is 15.9 Å². The molecule has 1 aromatic heterocycles. The van der Waals surface area contributed by atoms with Crippen LogP contribution in [0, 0.1) is 0 Å². The quantitative estimate of drug-likeness (QED) is 0.384. The third-order valence-corrected chi connectivity index (χ3v) is 6.07. The minimum Gasteiger partial charge on any atom is -0.371 e. The van der Waals surface area contributed by atoms with Gasteiger partial charge in [0.1, 0.15) is 4.90 Å². The van der Waals surface area contributed by atoms with E-state index in [0.717, 1.165) is 11.3 Å². The topological polar surface area (TPSA) is 112 Å². The maximum Gasteiger partial charge on any atom is 0.267 e. The summed E-state index contributed by atoms with van der Waals surface area (Å²) in [6.45, 7) is 1.36. The van der Waals surface area contributed by atoms with Crippen LogP contribution in [-0.2, 0) is 14.8 Å². The zero-order valence-corrected chi connectivity index (χ0v) is 16.0. The molecule has 3 rings (SSSR count). The fourth-order valence-electron chi connectivity index (χ4n) is 3.15. The molecule has 0 bridgehead atoms. The Labute approximate surface area is 163 Å². The third-order valence-electron chi connectivity index (χ3n) is 4.56. The van der Waals surface area contributed by atoms with Crippen LogP contribution in [0.15, 0.2) is 59.8 Å². The summed E-state index contributed by atoms with van der Waals surface area (Å²) in [6, 6.07) is 10.6. The van der Waals surface area contributed by atoms with Gasteiger partial charge in [-0.05, 0) is 42.7 Å². The molecule has 1 amide bonds. The monoisotopic (exact) mass is 402 g/mol. The van der Waals surface area contributed by atoms with E-state index in [4.69, 9.17) is 5.21 Å². The highest BCUT2D eigenvalue weighted by Gasteiger charge is 2.25. The normalized spacial score (nSPS) is 15.7. The molecule has 1 fully saturated rings. The van der Waals surface area contributed by atoms with Gasteiger partial charge in [0.15, 0.2) is 0 Å². The SMILES string of the molecule is O=C(C=Cc1ccccc1N1CCC(NS(=O)(=O)c2cccnc2)CC1)NO. The molecule has 0 saturated carbocycles. The van der Waals surface area contributed by atoms with E-state index in [-0.39, 0.29) is 10.9 Å². The Bertz CT molecular complexity index is 939. The van der Waals surface area contributed by atoms with Gasteiger partial charge in [-0.25, -0.2) is 18.6 Å². The van der Waals surface area contributed by atoms with E-state index in [9.17, 15) is 13.2 Å². The van der Waals surface area contributed by atoms with Crippen LogP contribution in [0.25, 0.3) is 6.08 Å². The van der Waals surface area contributed by atoms with E-state index in [1.54, 1.807) is 17.6 Å². The number of anilines is 1. The van der Waals surface area contributed by atoms with Crippen LogP contribution in [0.4, 0.5) is 5.69 Å². The molecule has 0 aliphatic carbocycles. The number of hydroxylamine groups is 1. The van der Waals surface area contributed by atoms with Crippen LogP contribution in [0.2, 0.25) is 0 Å². The number of rotatable bonds is 6. The maximum atomic E-state index is 12.5. The molecule has 2 heterocycles. The summed E-state index contributed by atoms with van der Waals surface area (Å²) in [5.74, 6) is -0.599. The van der Waals surface area contributed by atoms with Crippen molar-refractivity contribution in [1.82, 2.24) is 15.2 Å². The molecule has 28 heavy (non-hydrogen) atoms. The zero-order chi connectivity index (χ0) is 20.0. The summed E-state index contributed by atoms with van der Waals surface area (Å²) in [5, 5.41) is 8.61. The number of carbonyl (C=O) groups is 1. The first-order valence-electron chi connectivity index (χ1n) is 8.88. The van der Waals surface area contributed by atoms with Crippen molar-refractivity contribution in [1.29, 1.82) is 0 Å². The van der Waals surface area contributed by atoms with Gasteiger partial charge in [-0.15, -0.1) is 0 Å². The van der Waals surface area contributed by atoms with Crippen molar-refractivity contribution >= 4 is 27.7 Å². The Morgan fingerprint density at radius 3 is 2.61 bits per heavy atom. The first kappa shape index (κ1) is 20.0. The van der Waals surface area contributed by atoms with Gasteiger partial charge in [-0.1, -0.05) is 18.2 Å². The lowest BCUT2D eigenvalue weighted by Gasteiger charge is -2.34. The predicted molar refractivity (Wildman–Crippen MR) is 105 cm³/mol. The van der Waals surface area contributed by atoms with Gasteiger partial charge in [0.25, 0.3) is 5.91 Å². The Balaban J connectivity index is 1.65. The van der Waals surface area contributed by atoms with Crippen molar-refractivity contribution < 1.29 is 18.4 Å². The van der Waals surface area contributed by atoms with Crippen LogP contribution < -0.4 is 15.1 Å². The standard InChI is InChI=1S/C19H22N4O4S/c24-19(21-25)8-7-15-4-1-2-6-18(15)23-12-9-16(10-13-23)22-28(26,27)17-5-3-11-20-14-17/h1-8,11,14,16,22,25H,9-10,12-13H2,(H,21,24). The third kappa shape index (κ3) is 4.94. The summed E-state index contributed by atoms with van der Waals surface area (Å²) in [7, 11) is -3.58. The Morgan fingerprint density at radius 1 is 1.18 bits per heavy atom. The van der Waals surface area contributed by atoms with Crippen molar-refractivity contribution in [3.8, 4) is 0 Å². The van der Waals surface area contributed by atoms with Crippen LogP contribution in [0.3, 0.4) is 0 Å². The van der Waals surface area contributed by atoms with E-state index >= 15 is 0 Å². The molecule has 1 saturated heterocycles. The number of benzene rings is 1. The second-order valence-electron chi connectivity index (χ2n) is 6.44. The van der Waals surface area contributed by atoms with E-state index in [2.05, 4.69) is 14.6 Å². The lowest BCUT2D eigenvalue weighted by Crippen LogP contribution is -2.44. The summed E-state index contributed by atoms with van der Waals surface area (Å²) in [4.78, 5) is 17.4. The minimum atomic E-state index is -3.58. The number of amides is 1. The average molecular weight is 402 g/mol. The van der Waals surface area contributed by atoms with Crippen molar-refractivity contribution in [3.63, 3.8) is 0 Å². The largest absolute Gasteiger partial charge is 0.371 e. The van der Waals surface area contributed by atoms with Gasteiger partial charge in [0.2, 0.25) is 10.0 Å². The number of para-hydroxylation sites is 1. The molecule has 9 heteroatoms. The van der Waals surface area contributed by atoms with Crippen molar-refractivity contribution in [2.75, 3.05) is 18.0 Å². The smallest absolute Gasteiger partial charge is 0.267 e. The second kappa shape index (κ2) is 8.96. The molecule has 0 spiro atoms. The van der Waals surface area contributed by atoms with Crippen LogP contribution in [0.5, 0.6) is 0 Å². The van der Waals surface area contributed by atoms with Crippen molar-refractivity contribution in [2.45, 2.75) is 23.8 Å². The highest BCUT2D eigenvalue weighted by molar-refractivity contribution is 7.89. The molecule has 1 aliphatic heterocycles. The predicted octanol–water partition coefficient (Wildman–Crippen LogP) is 1.55. The Kier molecular flexibility index (Phi) is 6.40. The van der Waals surface area contributed by atoms with Gasteiger partial charge < -0.3 is 4.90 Å². The molecule has 1 aliphatic rings. The highest BCUT2D eigenvalue weighted by atomic mass is 32.2. The van der Waals surface area contributed by atoms with E-state index in [1.807, 2.05) is 24.3 Å². The number of pyridine rings is 1. The fraction of sp³-hybridized carbons (Fsp3) is 0.263. The van der Waals surface area contributed by atoms with Gasteiger partial charge in [0.05, 0.1) is 0 Å². The molecule has 0 radical (unpaired) electrons. The van der Waals surface area contributed by atoms with Gasteiger partial charge in [-0.2, -0.15) is 0 Å². The zero-order valence-electron chi connectivity index (χ0n) is 15.2. The second-order valence-corrected chi connectivity index (χ2v) is 8.15. The summed E-state index contributed by atoms with van der Waals surface area (Å²) >= 11 is 0. The lowest BCUT2D eigenvalue weighted by molar-refractivity contribution is -0.124. The minimum absolute atomic E-state index is 0.149. The number of nitrogens with zero attached hydrogens (tertiary/aromatic N) is 2. The highest BCUT2D eigenvalue weighted by Crippen LogP contribution is 2.25. The van der Waals surface area contributed by atoms with Crippen LogP contribution in [-0.4, -0.2) is 43.6 Å². The van der Waals surface area contributed by atoms with Crippen molar-refractivity contribution in [2.24, 2.45) is 0 Å². The fourth-order valence-corrected chi connectivity index (χ4v) is 4.42. The Hall–Kier alpha value is -2.75. The molecule has 0 atom stereocenters. The number of sulfonamides is 1. The number of aromatic nitrogens is 1. The summed E-state index contributed by atoms with van der Waals surface area (Å²) < 4.78 is 27.7. The molecule has 148 valence electrons. The number of hydrogen-bond acceptors (Lipinski definition) is 6. The molecule has 3 N–H and O–H groups in total. The lowest BCUT2D eigenvalue weighted by atomic mass is 10.0. The number of nitrogens with one attached hydrogen (secondary N) is 2. The number of hydrogen-bond donors (Lipinski definition) is 3. The maximum absolute atomic E-state index is 12.5. The molecule has 8 nitrogen and oxygen atoms in total. The Morgan fingerprint density at radius 2 is 1.93 bits per heavy atom. The molecule has 1 aromatic carbocycles. The molecular weight excluding hydrogens is 380 g/mol. The van der Waals surface area contributed by atoms with Crippen LogP contribution >= 0.6 is 0 Å². The molecule has 2 aromatic rings. The first-order chi connectivity index (χ1) is 13.5. The number of carbonyl (C=O) groups excluding carboxylic acids is 1. The average Bonchev–Trinajstić information content (AvgIpc) is 2.73. The molecule has 0 unspecified atom stereocenters. The molecular formula is C19H22N4O4S. The summed E-state index contributed by atoms with van der Waals surface area (Å²) in [5.41, 5.74) is 3.37. The van der Waals surface area contributed by atoms with Crippen LogP contribution in [0.1, 0.15) is 18.4 Å². The van der Waals surface area contributed by atoms with E-state index in [0.29, 0.717) is 25.9 Å². The van der Waals surface area contributed by atoms with Gasteiger partial charge >= 0.3 is 0 Å². The van der Waals surface area contributed by atoms with E-state index in [1.165, 1.54) is 24.5 Å².